The van der Waals surface area contributed by atoms with Crippen molar-refractivity contribution >= 4 is 18.1 Å². The Morgan fingerprint density at radius 2 is 1.88 bits per heavy atom. The lowest BCUT2D eigenvalue weighted by molar-refractivity contribution is -0.134. The smallest absolute Gasteiger partial charge is 0.225 e. The minimum Gasteiger partial charge on any atom is -0.342 e. The Balaban J connectivity index is 1.20. The molecule has 5 rings (SSSR count). The van der Waals surface area contributed by atoms with E-state index >= 15 is 0 Å². The number of nitrogens with zero attached hydrogens (tertiary/aromatic N) is 3. The number of aromatic nitrogens is 3. The van der Waals surface area contributed by atoms with E-state index in [-0.39, 0.29) is 0 Å². The van der Waals surface area contributed by atoms with Gasteiger partial charge in [-0.3, -0.25) is 9.89 Å². The summed E-state index contributed by atoms with van der Waals surface area (Å²) in [5, 5.41) is 7.50. The van der Waals surface area contributed by atoms with Gasteiger partial charge in [0.05, 0.1) is 0 Å². The van der Waals surface area contributed by atoms with Crippen molar-refractivity contribution in [2.75, 3.05) is 13.1 Å². The number of rotatable bonds is 4. The third kappa shape index (κ3) is 2.54. The molecule has 24 heavy (non-hydrogen) atoms. The summed E-state index contributed by atoms with van der Waals surface area (Å²) in [5.74, 6) is 3.95. The minimum absolute atomic E-state index is 0.355. The molecule has 0 spiro atoms. The topological polar surface area (TPSA) is 53.9 Å². The second-order valence-electron chi connectivity index (χ2n) is 8.28. The van der Waals surface area contributed by atoms with Gasteiger partial charge in [0.2, 0.25) is 5.91 Å². The number of carbonyl (C=O) groups excluding carboxylic acids is 1. The van der Waals surface area contributed by atoms with Crippen molar-refractivity contribution in [1.82, 2.24) is 19.7 Å². The van der Waals surface area contributed by atoms with Gasteiger partial charge in [-0.2, -0.15) is 5.10 Å². The van der Waals surface area contributed by atoms with Crippen molar-refractivity contribution < 1.29 is 4.79 Å². The molecule has 3 saturated carbocycles. The molecule has 0 aromatic carbocycles. The molecule has 4 aliphatic rings. The zero-order chi connectivity index (χ0) is 16.3. The van der Waals surface area contributed by atoms with Crippen LogP contribution >= 0.6 is 12.2 Å². The summed E-state index contributed by atoms with van der Waals surface area (Å²) in [6, 6.07) is 0.570. The molecule has 3 aliphatic carbocycles. The van der Waals surface area contributed by atoms with Crippen LogP contribution in [0.15, 0.2) is 0 Å². The Labute approximate surface area is 147 Å². The number of H-pyrrole nitrogens is 1. The molecular formula is C18H26N4OS. The SMILES string of the molecule is O=C([C@@H]1C[C@@H]1C1CCC1)N1CCC(c2n[nH]c(=S)n2C2CC2)CC1. The second-order valence-corrected chi connectivity index (χ2v) is 8.67. The number of carbonyl (C=O) groups is 1. The molecule has 1 aliphatic heterocycles. The highest BCUT2D eigenvalue weighted by Gasteiger charge is 2.50. The van der Waals surface area contributed by atoms with E-state index in [9.17, 15) is 4.79 Å². The van der Waals surface area contributed by atoms with Gasteiger partial charge in [0.1, 0.15) is 5.82 Å². The zero-order valence-electron chi connectivity index (χ0n) is 14.1. The number of amides is 1. The molecule has 5 nitrogen and oxygen atoms in total. The van der Waals surface area contributed by atoms with Gasteiger partial charge in [0, 0.05) is 31.0 Å². The maximum atomic E-state index is 12.7. The standard InChI is InChI=1S/C18H26N4OS/c23-17(15-10-14(15)11-2-1-3-11)21-8-6-12(7-9-21)16-19-20-18(24)22(16)13-4-5-13/h11-15H,1-10H2,(H,20,24)/t14-,15-/m1/s1. The average molecular weight is 347 g/mol. The zero-order valence-corrected chi connectivity index (χ0v) is 14.9. The van der Waals surface area contributed by atoms with Gasteiger partial charge in [0.25, 0.3) is 0 Å². The number of nitrogens with one attached hydrogen (secondary N) is 1. The molecule has 1 saturated heterocycles. The lowest BCUT2D eigenvalue weighted by Gasteiger charge is -2.32. The minimum atomic E-state index is 0.355. The van der Waals surface area contributed by atoms with E-state index in [4.69, 9.17) is 12.2 Å². The second kappa shape index (κ2) is 5.68. The number of piperidine rings is 1. The van der Waals surface area contributed by atoms with Crippen LogP contribution in [0.2, 0.25) is 0 Å². The van der Waals surface area contributed by atoms with Gasteiger partial charge in [-0.15, -0.1) is 0 Å². The first-order valence-corrected chi connectivity index (χ1v) is 10.1. The molecule has 2 heterocycles. The largest absolute Gasteiger partial charge is 0.342 e. The fourth-order valence-electron chi connectivity index (χ4n) is 4.77. The van der Waals surface area contributed by atoms with Gasteiger partial charge in [-0.1, -0.05) is 19.3 Å². The van der Waals surface area contributed by atoms with Gasteiger partial charge in [0.15, 0.2) is 4.77 Å². The summed E-state index contributed by atoms with van der Waals surface area (Å²) >= 11 is 5.40. The molecule has 4 fully saturated rings. The number of hydrogen-bond donors (Lipinski definition) is 1. The van der Waals surface area contributed by atoms with Crippen molar-refractivity contribution in [2.24, 2.45) is 17.8 Å². The summed E-state index contributed by atoms with van der Waals surface area (Å²) in [6.07, 6.45) is 9.76. The van der Waals surface area contributed by atoms with Crippen LogP contribution in [-0.2, 0) is 4.79 Å². The van der Waals surface area contributed by atoms with Crippen LogP contribution in [0.25, 0.3) is 0 Å². The number of aromatic amines is 1. The van der Waals surface area contributed by atoms with Crippen LogP contribution in [0.5, 0.6) is 0 Å². The lowest BCUT2D eigenvalue weighted by atomic mass is 9.81. The summed E-state index contributed by atoms with van der Waals surface area (Å²) in [7, 11) is 0. The molecule has 1 aromatic rings. The molecule has 6 heteroatoms. The number of likely N-dealkylation sites (tertiary alicyclic amines) is 1. The molecule has 1 amide bonds. The van der Waals surface area contributed by atoms with E-state index in [0.717, 1.165) is 54.8 Å². The van der Waals surface area contributed by atoms with E-state index in [1.54, 1.807) is 0 Å². The van der Waals surface area contributed by atoms with Gasteiger partial charge < -0.3 is 9.47 Å². The molecule has 0 radical (unpaired) electrons. The van der Waals surface area contributed by atoms with Crippen LogP contribution in [-0.4, -0.2) is 38.7 Å². The molecule has 130 valence electrons. The van der Waals surface area contributed by atoms with Crippen LogP contribution < -0.4 is 0 Å². The lowest BCUT2D eigenvalue weighted by Crippen LogP contribution is -2.39. The first-order chi connectivity index (χ1) is 11.7. The highest BCUT2D eigenvalue weighted by atomic mass is 32.1. The Bertz CT molecular complexity index is 694. The first kappa shape index (κ1) is 15.1. The third-order valence-corrected chi connectivity index (χ3v) is 7.02. The van der Waals surface area contributed by atoms with Gasteiger partial charge >= 0.3 is 0 Å². The predicted octanol–water partition coefficient (Wildman–Crippen LogP) is 3.42. The maximum absolute atomic E-state index is 12.7. The molecular weight excluding hydrogens is 320 g/mol. The average Bonchev–Trinajstić information content (AvgIpc) is 3.46. The summed E-state index contributed by atoms with van der Waals surface area (Å²) in [5.41, 5.74) is 0. The van der Waals surface area contributed by atoms with Crippen molar-refractivity contribution in [3.05, 3.63) is 10.6 Å². The Morgan fingerprint density at radius 1 is 1.12 bits per heavy atom. The Kier molecular flexibility index (Phi) is 3.58. The molecule has 2 atom stereocenters. The van der Waals surface area contributed by atoms with E-state index < -0.39 is 0 Å². The van der Waals surface area contributed by atoms with E-state index in [2.05, 4.69) is 19.7 Å². The van der Waals surface area contributed by atoms with E-state index in [1.807, 2.05) is 0 Å². The highest BCUT2D eigenvalue weighted by molar-refractivity contribution is 7.71. The molecule has 0 unspecified atom stereocenters. The maximum Gasteiger partial charge on any atom is 0.225 e. The fourth-order valence-corrected chi connectivity index (χ4v) is 5.06. The Hall–Kier alpha value is -1.17. The summed E-state index contributed by atoms with van der Waals surface area (Å²) in [6.45, 7) is 1.78. The van der Waals surface area contributed by atoms with Crippen molar-refractivity contribution in [3.63, 3.8) is 0 Å². The van der Waals surface area contributed by atoms with Crippen LogP contribution in [0.4, 0.5) is 0 Å². The molecule has 1 N–H and O–H groups in total. The fraction of sp³-hybridized carbons (Fsp3) is 0.833. The third-order valence-electron chi connectivity index (χ3n) is 6.73. The van der Waals surface area contributed by atoms with Crippen LogP contribution in [0.3, 0.4) is 0 Å². The summed E-state index contributed by atoms with van der Waals surface area (Å²) < 4.78 is 3.01. The monoisotopic (exact) mass is 346 g/mol. The van der Waals surface area contributed by atoms with Gasteiger partial charge in [-0.25, -0.2) is 0 Å². The van der Waals surface area contributed by atoms with Crippen LogP contribution in [0.1, 0.15) is 69.2 Å². The van der Waals surface area contributed by atoms with Crippen molar-refractivity contribution in [2.45, 2.75) is 63.3 Å². The molecule has 1 aromatic heterocycles. The summed E-state index contributed by atoms with van der Waals surface area (Å²) in [4.78, 5) is 14.9. The van der Waals surface area contributed by atoms with Crippen molar-refractivity contribution in [1.29, 1.82) is 0 Å². The highest BCUT2D eigenvalue weighted by Crippen LogP contribution is 2.52. The van der Waals surface area contributed by atoms with Crippen LogP contribution in [0, 0.1) is 22.5 Å². The van der Waals surface area contributed by atoms with E-state index in [0.29, 0.717) is 23.8 Å². The van der Waals surface area contributed by atoms with Crippen molar-refractivity contribution in [3.8, 4) is 0 Å². The Morgan fingerprint density at radius 3 is 2.50 bits per heavy atom. The first-order valence-electron chi connectivity index (χ1n) is 9.68. The normalized spacial score (nSPS) is 31.1. The predicted molar refractivity (Wildman–Crippen MR) is 93.2 cm³/mol. The number of hydrogen-bond acceptors (Lipinski definition) is 3. The van der Waals surface area contributed by atoms with E-state index in [1.165, 1.54) is 32.1 Å². The molecule has 0 bridgehead atoms. The quantitative estimate of drug-likeness (QED) is 0.850. The van der Waals surface area contributed by atoms with Gasteiger partial charge in [-0.05, 0) is 56.2 Å².